The van der Waals surface area contributed by atoms with Crippen LogP contribution in [0, 0.1) is 22.7 Å². The Morgan fingerprint density at radius 1 is 1.21 bits per heavy atom. The molecule has 0 aromatic heterocycles. The highest BCUT2D eigenvalue weighted by Gasteiger charge is 2.58. The van der Waals surface area contributed by atoms with Crippen LogP contribution in [-0.2, 0) is 4.79 Å². The van der Waals surface area contributed by atoms with Crippen molar-refractivity contribution in [2.24, 2.45) is 28.4 Å². The molecule has 0 heterocycles. The minimum atomic E-state index is -0.0984. The fraction of sp³-hybridized carbons (Fsp3) is 0.917. The van der Waals surface area contributed by atoms with E-state index in [2.05, 4.69) is 6.92 Å². The van der Waals surface area contributed by atoms with Gasteiger partial charge in [-0.25, -0.2) is 0 Å². The van der Waals surface area contributed by atoms with Crippen LogP contribution >= 0.6 is 0 Å². The highest BCUT2D eigenvalue weighted by molar-refractivity contribution is 5.81. The van der Waals surface area contributed by atoms with E-state index in [-0.39, 0.29) is 11.3 Å². The molecule has 4 aliphatic carbocycles. The van der Waals surface area contributed by atoms with E-state index in [0.717, 1.165) is 31.1 Å². The van der Waals surface area contributed by atoms with Crippen molar-refractivity contribution in [1.29, 1.82) is 0 Å². The molecule has 4 aliphatic rings. The lowest BCUT2D eigenvalue weighted by atomic mass is 9.44. The maximum Gasteiger partial charge on any atom is 0.223 e. The van der Waals surface area contributed by atoms with Crippen LogP contribution in [0.25, 0.3) is 0 Å². The number of amides is 1. The van der Waals surface area contributed by atoms with E-state index in [1.807, 2.05) is 0 Å². The van der Waals surface area contributed by atoms with Crippen LogP contribution in [0.2, 0.25) is 0 Å². The molecule has 4 fully saturated rings. The van der Waals surface area contributed by atoms with Crippen LogP contribution in [0.5, 0.6) is 0 Å². The quantitative estimate of drug-likeness (QED) is 0.680. The molecule has 4 saturated carbocycles. The number of carbonyl (C=O) groups excluding carboxylic acids is 1. The Bertz CT molecular complexity index is 283. The zero-order valence-electron chi connectivity index (χ0n) is 8.88. The maximum absolute atomic E-state index is 11.6. The fourth-order valence-electron chi connectivity index (χ4n) is 5.01. The number of nitrogens with two attached hydrogens (primary N) is 1. The Morgan fingerprint density at radius 2 is 1.79 bits per heavy atom. The monoisotopic (exact) mass is 193 g/mol. The normalized spacial score (nSPS) is 54.9. The molecule has 2 atom stereocenters. The average Bonchev–Trinajstić information content (AvgIpc) is 1.98. The summed E-state index contributed by atoms with van der Waals surface area (Å²) in [5, 5.41) is 0. The molecule has 2 N–H and O–H groups in total. The van der Waals surface area contributed by atoms with Crippen LogP contribution in [0.4, 0.5) is 0 Å². The molecule has 78 valence electrons. The lowest BCUT2D eigenvalue weighted by Gasteiger charge is -2.60. The summed E-state index contributed by atoms with van der Waals surface area (Å²) in [6.45, 7) is 2.36. The van der Waals surface area contributed by atoms with Gasteiger partial charge < -0.3 is 5.73 Å². The third-order valence-electron chi connectivity index (χ3n) is 4.88. The summed E-state index contributed by atoms with van der Waals surface area (Å²) >= 11 is 0. The van der Waals surface area contributed by atoms with E-state index in [1.165, 1.54) is 19.3 Å². The molecule has 2 nitrogen and oxygen atoms in total. The van der Waals surface area contributed by atoms with Crippen LogP contribution < -0.4 is 5.73 Å². The maximum atomic E-state index is 11.6. The minimum absolute atomic E-state index is 0.0159. The van der Waals surface area contributed by atoms with Crippen molar-refractivity contribution in [3.63, 3.8) is 0 Å². The first-order chi connectivity index (χ1) is 6.51. The summed E-state index contributed by atoms with van der Waals surface area (Å²) in [5.74, 6) is 1.58. The van der Waals surface area contributed by atoms with Gasteiger partial charge in [0.1, 0.15) is 0 Å². The van der Waals surface area contributed by atoms with Crippen LogP contribution in [0.1, 0.15) is 45.4 Å². The van der Waals surface area contributed by atoms with Gasteiger partial charge in [-0.2, -0.15) is 0 Å². The predicted molar refractivity (Wildman–Crippen MR) is 54.4 cm³/mol. The summed E-state index contributed by atoms with van der Waals surface area (Å²) in [5.41, 5.74) is 5.96. The van der Waals surface area contributed by atoms with E-state index in [1.54, 1.807) is 0 Å². The Kier molecular flexibility index (Phi) is 1.46. The van der Waals surface area contributed by atoms with Gasteiger partial charge in [0, 0.05) is 5.41 Å². The smallest absolute Gasteiger partial charge is 0.223 e. The Balaban J connectivity index is 2.00. The Hall–Kier alpha value is -0.530. The zero-order valence-corrected chi connectivity index (χ0v) is 8.88. The first-order valence-corrected chi connectivity index (χ1v) is 5.81. The highest BCUT2D eigenvalue weighted by Crippen LogP contribution is 2.64. The first kappa shape index (κ1) is 8.75. The molecule has 0 radical (unpaired) electrons. The molecule has 4 rings (SSSR count). The molecule has 0 aromatic rings. The van der Waals surface area contributed by atoms with E-state index >= 15 is 0 Å². The van der Waals surface area contributed by atoms with Crippen molar-refractivity contribution in [2.45, 2.75) is 45.4 Å². The first-order valence-electron chi connectivity index (χ1n) is 5.81. The van der Waals surface area contributed by atoms with Crippen molar-refractivity contribution in [1.82, 2.24) is 0 Å². The lowest BCUT2D eigenvalue weighted by Crippen LogP contribution is -2.55. The topological polar surface area (TPSA) is 43.1 Å². The summed E-state index contributed by atoms with van der Waals surface area (Å²) in [6.07, 6.45) is 7.31. The largest absolute Gasteiger partial charge is 0.369 e. The third-order valence-corrected chi connectivity index (χ3v) is 4.88. The van der Waals surface area contributed by atoms with Crippen molar-refractivity contribution < 1.29 is 4.79 Å². The molecule has 14 heavy (non-hydrogen) atoms. The third kappa shape index (κ3) is 0.999. The van der Waals surface area contributed by atoms with Crippen LogP contribution in [0.15, 0.2) is 0 Å². The fourth-order valence-corrected chi connectivity index (χ4v) is 5.01. The second-order valence-corrected chi connectivity index (χ2v) is 6.42. The van der Waals surface area contributed by atoms with E-state index in [0.29, 0.717) is 5.41 Å². The number of hydrogen-bond donors (Lipinski definition) is 1. The summed E-state index contributed by atoms with van der Waals surface area (Å²) in [4.78, 5) is 11.6. The number of carbonyl (C=O) groups is 1. The summed E-state index contributed by atoms with van der Waals surface area (Å²) in [6, 6.07) is 0. The zero-order chi connectivity index (χ0) is 9.97. The molecule has 0 aliphatic heterocycles. The van der Waals surface area contributed by atoms with Gasteiger partial charge in [0.05, 0.1) is 0 Å². The van der Waals surface area contributed by atoms with Gasteiger partial charge >= 0.3 is 0 Å². The van der Waals surface area contributed by atoms with Crippen molar-refractivity contribution in [2.75, 3.05) is 0 Å². The second kappa shape index (κ2) is 2.34. The van der Waals surface area contributed by atoms with Gasteiger partial charge in [0.25, 0.3) is 0 Å². The van der Waals surface area contributed by atoms with Gasteiger partial charge in [-0.15, -0.1) is 0 Å². The van der Waals surface area contributed by atoms with E-state index in [9.17, 15) is 4.79 Å². The molecule has 2 heteroatoms. The summed E-state index contributed by atoms with van der Waals surface area (Å²) in [7, 11) is 0. The molecule has 0 aromatic carbocycles. The number of primary amides is 1. The predicted octanol–water partition coefficient (Wildman–Crippen LogP) is 2.08. The standard InChI is InChI=1S/C12H19NO/c1-11-3-8-2-9(4-11)6-12(5-8,7-11)10(13)14/h8-9H,2-7H2,1H3,(H2,13,14). The molecule has 4 bridgehead atoms. The highest BCUT2D eigenvalue weighted by atomic mass is 16.1. The molecule has 2 unspecified atom stereocenters. The van der Waals surface area contributed by atoms with E-state index in [4.69, 9.17) is 5.73 Å². The van der Waals surface area contributed by atoms with Gasteiger partial charge in [0.2, 0.25) is 5.91 Å². The van der Waals surface area contributed by atoms with Crippen molar-refractivity contribution in [3.8, 4) is 0 Å². The Morgan fingerprint density at radius 3 is 2.21 bits per heavy atom. The average molecular weight is 193 g/mol. The SMILES string of the molecule is CC12CC3CC(C1)CC(C(N)=O)(C3)C2. The van der Waals surface area contributed by atoms with Crippen LogP contribution in [-0.4, -0.2) is 5.91 Å². The molecular formula is C12H19NO. The Labute approximate surface area is 85.2 Å². The van der Waals surface area contributed by atoms with Crippen LogP contribution in [0.3, 0.4) is 0 Å². The van der Waals surface area contributed by atoms with Gasteiger partial charge in [-0.05, 0) is 55.8 Å². The van der Waals surface area contributed by atoms with E-state index < -0.39 is 0 Å². The van der Waals surface area contributed by atoms with Crippen molar-refractivity contribution >= 4 is 5.91 Å². The molecule has 0 saturated heterocycles. The second-order valence-electron chi connectivity index (χ2n) is 6.42. The van der Waals surface area contributed by atoms with Gasteiger partial charge in [-0.3, -0.25) is 4.79 Å². The van der Waals surface area contributed by atoms with Gasteiger partial charge in [0.15, 0.2) is 0 Å². The number of rotatable bonds is 1. The van der Waals surface area contributed by atoms with Crippen molar-refractivity contribution in [3.05, 3.63) is 0 Å². The lowest BCUT2D eigenvalue weighted by molar-refractivity contribution is -0.151. The molecule has 0 spiro atoms. The molecule has 1 amide bonds. The minimum Gasteiger partial charge on any atom is -0.369 e. The van der Waals surface area contributed by atoms with Gasteiger partial charge in [-0.1, -0.05) is 6.92 Å². The number of hydrogen-bond acceptors (Lipinski definition) is 1. The summed E-state index contributed by atoms with van der Waals surface area (Å²) < 4.78 is 0. The molecular weight excluding hydrogens is 174 g/mol.